The molecule has 29 heavy (non-hydrogen) atoms. The summed E-state index contributed by atoms with van der Waals surface area (Å²) in [5.74, 6) is -3.46. The number of hydrogen-bond donors (Lipinski definition) is 1. The number of carbonyl (C=O) groups is 1. The molecule has 3 rings (SSSR count). The first-order valence-corrected chi connectivity index (χ1v) is 8.42. The van der Waals surface area contributed by atoms with E-state index in [0.29, 0.717) is 6.92 Å². The molecule has 0 radical (unpaired) electrons. The van der Waals surface area contributed by atoms with Crippen molar-refractivity contribution in [2.24, 2.45) is 0 Å². The molecule has 0 aliphatic rings. The first-order chi connectivity index (χ1) is 13.5. The SMILES string of the molecule is C[C@H](NC(=O)c1cn(-c2c(F)cccc2F)c2nc(Cl)ccc2c1=O)C(F)(F)F. The molecule has 0 unspecified atom stereocenters. The van der Waals surface area contributed by atoms with Crippen LogP contribution < -0.4 is 10.7 Å². The number of alkyl halides is 3. The van der Waals surface area contributed by atoms with Gasteiger partial charge in [-0.3, -0.25) is 14.2 Å². The summed E-state index contributed by atoms with van der Waals surface area (Å²) in [4.78, 5) is 28.8. The Labute approximate surface area is 164 Å². The highest BCUT2D eigenvalue weighted by Gasteiger charge is 2.37. The van der Waals surface area contributed by atoms with Crippen molar-refractivity contribution in [1.82, 2.24) is 14.9 Å². The fraction of sp³-hybridized carbons (Fsp3) is 0.167. The summed E-state index contributed by atoms with van der Waals surface area (Å²) in [5, 5.41) is 1.28. The summed E-state index contributed by atoms with van der Waals surface area (Å²) in [6.07, 6.45) is -4.02. The van der Waals surface area contributed by atoms with Crippen LogP contribution in [0.2, 0.25) is 5.15 Å². The van der Waals surface area contributed by atoms with Crippen LogP contribution in [0.3, 0.4) is 0 Å². The number of benzene rings is 1. The molecule has 152 valence electrons. The van der Waals surface area contributed by atoms with Crippen molar-refractivity contribution < 1.29 is 26.7 Å². The van der Waals surface area contributed by atoms with Crippen LogP contribution in [0.5, 0.6) is 0 Å². The van der Waals surface area contributed by atoms with Gasteiger partial charge in [0.1, 0.15) is 39.7 Å². The number of amides is 1. The minimum Gasteiger partial charge on any atom is -0.340 e. The number of nitrogens with one attached hydrogen (secondary N) is 1. The third-order valence-corrected chi connectivity index (χ3v) is 4.29. The molecule has 0 aliphatic carbocycles. The van der Waals surface area contributed by atoms with Crippen molar-refractivity contribution in [3.63, 3.8) is 0 Å². The van der Waals surface area contributed by atoms with Crippen LogP contribution in [0, 0.1) is 11.6 Å². The van der Waals surface area contributed by atoms with Crippen molar-refractivity contribution in [3.05, 3.63) is 69.1 Å². The highest BCUT2D eigenvalue weighted by molar-refractivity contribution is 6.29. The second kappa shape index (κ2) is 7.43. The van der Waals surface area contributed by atoms with Crippen LogP contribution >= 0.6 is 11.6 Å². The molecule has 5 nitrogen and oxygen atoms in total. The summed E-state index contributed by atoms with van der Waals surface area (Å²) < 4.78 is 67.6. The monoisotopic (exact) mass is 431 g/mol. The van der Waals surface area contributed by atoms with Crippen LogP contribution in [0.25, 0.3) is 16.7 Å². The van der Waals surface area contributed by atoms with Gasteiger partial charge >= 0.3 is 6.18 Å². The quantitative estimate of drug-likeness (QED) is 0.503. The van der Waals surface area contributed by atoms with E-state index in [1.165, 1.54) is 6.07 Å². The summed E-state index contributed by atoms with van der Waals surface area (Å²) >= 11 is 5.81. The first kappa shape index (κ1) is 20.7. The van der Waals surface area contributed by atoms with E-state index in [2.05, 4.69) is 4.98 Å². The molecule has 0 spiro atoms. The molecular formula is C18H11ClF5N3O2. The normalized spacial score (nSPS) is 12.8. The van der Waals surface area contributed by atoms with Crippen LogP contribution in [0.1, 0.15) is 17.3 Å². The fourth-order valence-electron chi connectivity index (χ4n) is 2.59. The third kappa shape index (κ3) is 3.93. The van der Waals surface area contributed by atoms with Gasteiger partial charge in [0, 0.05) is 6.20 Å². The largest absolute Gasteiger partial charge is 0.408 e. The molecule has 0 aliphatic heterocycles. The number of hydrogen-bond acceptors (Lipinski definition) is 3. The van der Waals surface area contributed by atoms with Crippen molar-refractivity contribution in [2.75, 3.05) is 0 Å². The van der Waals surface area contributed by atoms with Gasteiger partial charge in [-0.15, -0.1) is 0 Å². The average Bonchev–Trinajstić information content (AvgIpc) is 2.62. The topological polar surface area (TPSA) is 64.0 Å². The Morgan fingerprint density at radius 3 is 2.38 bits per heavy atom. The molecule has 2 heterocycles. The van der Waals surface area contributed by atoms with Gasteiger partial charge in [-0.25, -0.2) is 13.8 Å². The van der Waals surface area contributed by atoms with Crippen molar-refractivity contribution in [2.45, 2.75) is 19.1 Å². The molecule has 1 aromatic carbocycles. The van der Waals surface area contributed by atoms with E-state index in [-0.39, 0.29) is 16.2 Å². The molecule has 0 bridgehead atoms. The Morgan fingerprint density at radius 1 is 1.17 bits per heavy atom. The zero-order valence-electron chi connectivity index (χ0n) is 14.5. The number of rotatable bonds is 3. The molecular weight excluding hydrogens is 421 g/mol. The molecule has 1 amide bonds. The van der Waals surface area contributed by atoms with Crippen LogP contribution in [0.15, 0.2) is 41.3 Å². The lowest BCUT2D eigenvalue weighted by Crippen LogP contribution is -2.44. The smallest absolute Gasteiger partial charge is 0.340 e. The third-order valence-electron chi connectivity index (χ3n) is 4.08. The molecule has 0 fully saturated rings. The molecule has 2 aromatic heterocycles. The van der Waals surface area contributed by atoms with Gasteiger partial charge in [0.15, 0.2) is 0 Å². The molecule has 3 aromatic rings. The second-order valence-electron chi connectivity index (χ2n) is 6.05. The van der Waals surface area contributed by atoms with Crippen molar-refractivity contribution in [1.29, 1.82) is 0 Å². The maximum Gasteiger partial charge on any atom is 0.408 e. The molecule has 0 saturated heterocycles. The molecule has 0 saturated carbocycles. The van der Waals surface area contributed by atoms with E-state index in [1.807, 2.05) is 0 Å². The van der Waals surface area contributed by atoms with E-state index in [1.54, 1.807) is 5.32 Å². The number of halogens is 6. The summed E-state index contributed by atoms with van der Waals surface area (Å²) in [5.41, 5.74) is -2.67. The second-order valence-corrected chi connectivity index (χ2v) is 6.44. The van der Waals surface area contributed by atoms with Crippen molar-refractivity contribution in [3.8, 4) is 5.69 Å². The number of nitrogens with zero attached hydrogens (tertiary/aromatic N) is 2. The van der Waals surface area contributed by atoms with Gasteiger partial charge in [-0.05, 0) is 31.2 Å². The van der Waals surface area contributed by atoms with E-state index in [9.17, 15) is 31.5 Å². The number of pyridine rings is 2. The Bertz CT molecular complexity index is 1160. The maximum atomic E-state index is 14.3. The van der Waals surface area contributed by atoms with Gasteiger partial charge < -0.3 is 5.32 Å². The Morgan fingerprint density at radius 2 is 1.79 bits per heavy atom. The Kier molecular flexibility index (Phi) is 5.31. The zero-order chi connectivity index (χ0) is 21.5. The highest BCUT2D eigenvalue weighted by Crippen LogP contribution is 2.24. The average molecular weight is 432 g/mol. The Balaban J connectivity index is 2.29. The minimum atomic E-state index is -4.75. The van der Waals surface area contributed by atoms with Gasteiger partial charge in [-0.2, -0.15) is 13.2 Å². The number of carbonyl (C=O) groups excluding carboxylic acids is 1. The standard InChI is InChI=1S/C18H11ClF5N3O2/c1-8(18(22,23)24)25-17(29)10-7-27(14-11(20)3-2-4-12(14)21)16-9(15(10)28)5-6-13(19)26-16/h2-8H,1H3,(H,25,29)/t8-/m0/s1. The maximum absolute atomic E-state index is 14.3. The number of aromatic nitrogens is 2. The van der Waals surface area contributed by atoms with Gasteiger partial charge in [0.2, 0.25) is 5.43 Å². The van der Waals surface area contributed by atoms with E-state index < -0.39 is 46.4 Å². The van der Waals surface area contributed by atoms with Gasteiger partial charge in [-0.1, -0.05) is 17.7 Å². The lowest BCUT2D eigenvalue weighted by atomic mass is 10.1. The number of fused-ring (bicyclic) bond motifs is 1. The summed E-state index contributed by atoms with van der Waals surface area (Å²) in [6, 6.07) is 3.06. The first-order valence-electron chi connectivity index (χ1n) is 8.04. The summed E-state index contributed by atoms with van der Waals surface area (Å²) in [7, 11) is 0. The van der Waals surface area contributed by atoms with E-state index in [0.717, 1.165) is 35.0 Å². The lowest BCUT2D eigenvalue weighted by Gasteiger charge is -2.18. The molecule has 11 heteroatoms. The van der Waals surface area contributed by atoms with Crippen LogP contribution in [-0.2, 0) is 0 Å². The summed E-state index contributed by atoms with van der Waals surface area (Å²) in [6.45, 7) is 0.690. The van der Waals surface area contributed by atoms with Crippen LogP contribution in [0.4, 0.5) is 22.0 Å². The van der Waals surface area contributed by atoms with Gasteiger partial charge in [0.05, 0.1) is 5.39 Å². The van der Waals surface area contributed by atoms with Gasteiger partial charge in [0.25, 0.3) is 5.91 Å². The fourth-order valence-corrected chi connectivity index (χ4v) is 2.73. The van der Waals surface area contributed by atoms with Crippen LogP contribution in [-0.4, -0.2) is 27.7 Å². The van der Waals surface area contributed by atoms with Crippen molar-refractivity contribution >= 4 is 28.5 Å². The molecule has 1 N–H and O–H groups in total. The lowest BCUT2D eigenvalue weighted by molar-refractivity contribution is -0.149. The predicted molar refractivity (Wildman–Crippen MR) is 95.2 cm³/mol. The number of para-hydroxylation sites is 1. The van der Waals surface area contributed by atoms with E-state index in [4.69, 9.17) is 11.6 Å². The zero-order valence-corrected chi connectivity index (χ0v) is 15.3. The van der Waals surface area contributed by atoms with E-state index >= 15 is 0 Å². The molecule has 1 atom stereocenters. The highest BCUT2D eigenvalue weighted by atomic mass is 35.5. The Hall–Kier alpha value is -3.01. The minimum absolute atomic E-state index is 0.106. The predicted octanol–water partition coefficient (Wildman–Crippen LogP) is 4.00.